The van der Waals surface area contributed by atoms with Gasteiger partial charge in [0, 0.05) is 24.7 Å². The molecular weight excluding hydrogens is 262 g/mol. The number of carbonyl (C=O) groups is 1. The maximum atomic E-state index is 12.2. The van der Waals surface area contributed by atoms with E-state index in [2.05, 4.69) is 0 Å². The van der Waals surface area contributed by atoms with Crippen molar-refractivity contribution in [3.8, 4) is 0 Å². The molecule has 1 rings (SSSR count). The molecule has 0 aromatic heterocycles. The number of rotatable bonds is 3. The number of halogens is 1. The Balaban J connectivity index is 2.84. The molecule has 1 fully saturated rings. The van der Waals surface area contributed by atoms with Crippen molar-refractivity contribution in [1.82, 2.24) is 4.90 Å². The van der Waals surface area contributed by atoms with Gasteiger partial charge in [-0.15, -0.1) is 11.6 Å². The smallest absolute Gasteiger partial charge is 0.240 e. The molecule has 0 saturated carbocycles. The standard InChI is InChI=1S/C11H20ClNO3S/c1-9(17(2,15)16)11(14)13-7-5-3-4-6-10(13)8-12/h9-10H,3-8H2,1-2H3. The molecule has 0 aromatic rings. The van der Waals surface area contributed by atoms with E-state index in [0.29, 0.717) is 12.4 Å². The molecule has 0 aromatic carbocycles. The average Bonchev–Trinajstić information content (AvgIpc) is 2.50. The van der Waals surface area contributed by atoms with Gasteiger partial charge in [-0.1, -0.05) is 12.8 Å². The molecule has 6 heteroatoms. The molecule has 4 nitrogen and oxygen atoms in total. The van der Waals surface area contributed by atoms with Gasteiger partial charge >= 0.3 is 0 Å². The summed E-state index contributed by atoms with van der Waals surface area (Å²) in [6.07, 6.45) is 5.02. The van der Waals surface area contributed by atoms with Gasteiger partial charge in [-0.25, -0.2) is 8.42 Å². The lowest BCUT2D eigenvalue weighted by atomic mass is 10.1. The van der Waals surface area contributed by atoms with E-state index in [9.17, 15) is 13.2 Å². The van der Waals surface area contributed by atoms with Crippen molar-refractivity contribution in [2.24, 2.45) is 0 Å². The van der Waals surface area contributed by atoms with Crippen LogP contribution in [0.5, 0.6) is 0 Å². The van der Waals surface area contributed by atoms with E-state index >= 15 is 0 Å². The van der Waals surface area contributed by atoms with E-state index in [-0.39, 0.29) is 11.9 Å². The van der Waals surface area contributed by atoms with E-state index in [1.54, 1.807) is 4.90 Å². The quantitative estimate of drug-likeness (QED) is 0.736. The number of alkyl halides is 1. The third kappa shape index (κ3) is 3.85. The van der Waals surface area contributed by atoms with Crippen molar-refractivity contribution >= 4 is 27.3 Å². The highest BCUT2D eigenvalue weighted by Crippen LogP contribution is 2.20. The predicted octanol–water partition coefficient (Wildman–Crippen LogP) is 1.43. The lowest BCUT2D eigenvalue weighted by Crippen LogP contribution is -2.47. The molecule has 2 atom stereocenters. The second kappa shape index (κ2) is 6.05. The van der Waals surface area contributed by atoms with Gasteiger partial charge in [0.2, 0.25) is 5.91 Å². The fourth-order valence-electron chi connectivity index (χ4n) is 2.04. The molecular formula is C11H20ClNO3S. The molecule has 0 spiro atoms. The zero-order valence-electron chi connectivity index (χ0n) is 10.4. The van der Waals surface area contributed by atoms with E-state index in [0.717, 1.165) is 31.9 Å². The molecule has 100 valence electrons. The van der Waals surface area contributed by atoms with E-state index in [4.69, 9.17) is 11.6 Å². The van der Waals surface area contributed by atoms with E-state index in [1.807, 2.05) is 0 Å². The number of nitrogens with zero attached hydrogens (tertiary/aromatic N) is 1. The highest BCUT2D eigenvalue weighted by Gasteiger charge is 2.32. The van der Waals surface area contributed by atoms with Gasteiger partial charge < -0.3 is 4.90 Å². The third-order valence-corrected chi connectivity index (χ3v) is 5.17. The fourth-order valence-corrected chi connectivity index (χ4v) is 2.87. The van der Waals surface area contributed by atoms with Crippen LogP contribution in [0.1, 0.15) is 32.6 Å². The number of hydrogen-bond acceptors (Lipinski definition) is 3. The number of likely N-dealkylation sites (tertiary alicyclic amines) is 1. The Kier molecular flexibility index (Phi) is 5.25. The summed E-state index contributed by atoms with van der Waals surface area (Å²) < 4.78 is 22.8. The van der Waals surface area contributed by atoms with Crippen molar-refractivity contribution in [1.29, 1.82) is 0 Å². The van der Waals surface area contributed by atoms with Crippen LogP contribution in [0.2, 0.25) is 0 Å². The summed E-state index contributed by atoms with van der Waals surface area (Å²) in [7, 11) is -3.33. The monoisotopic (exact) mass is 281 g/mol. The third-order valence-electron chi connectivity index (χ3n) is 3.33. The van der Waals surface area contributed by atoms with Crippen LogP contribution in [0.25, 0.3) is 0 Å². The number of amides is 1. The molecule has 0 aliphatic carbocycles. The first kappa shape index (κ1) is 14.8. The zero-order valence-corrected chi connectivity index (χ0v) is 11.9. The maximum absolute atomic E-state index is 12.2. The van der Waals surface area contributed by atoms with Crippen LogP contribution < -0.4 is 0 Å². The highest BCUT2D eigenvalue weighted by atomic mass is 35.5. The fraction of sp³-hybridized carbons (Fsp3) is 0.909. The molecule has 1 saturated heterocycles. The lowest BCUT2D eigenvalue weighted by molar-refractivity contribution is -0.132. The minimum absolute atomic E-state index is 0.0177. The zero-order chi connectivity index (χ0) is 13.1. The van der Waals surface area contributed by atoms with Gasteiger partial charge in [0.1, 0.15) is 5.25 Å². The van der Waals surface area contributed by atoms with Gasteiger partial charge in [-0.3, -0.25) is 4.79 Å². The Bertz CT molecular complexity index is 369. The summed E-state index contributed by atoms with van der Waals surface area (Å²) in [5.74, 6) is 0.0717. The maximum Gasteiger partial charge on any atom is 0.240 e. The SMILES string of the molecule is CC(C(=O)N1CCCCCC1CCl)S(C)(=O)=O. The van der Waals surface area contributed by atoms with Crippen molar-refractivity contribution in [2.45, 2.75) is 43.9 Å². The van der Waals surface area contributed by atoms with Crippen LogP contribution >= 0.6 is 11.6 Å². The van der Waals surface area contributed by atoms with Gasteiger partial charge in [-0.2, -0.15) is 0 Å². The van der Waals surface area contributed by atoms with E-state index < -0.39 is 15.1 Å². The number of sulfone groups is 1. The second-order valence-electron chi connectivity index (χ2n) is 4.66. The average molecular weight is 282 g/mol. The minimum Gasteiger partial charge on any atom is -0.337 e. The summed E-state index contributed by atoms with van der Waals surface area (Å²) in [4.78, 5) is 13.8. The van der Waals surface area contributed by atoms with Crippen molar-refractivity contribution < 1.29 is 13.2 Å². The van der Waals surface area contributed by atoms with E-state index in [1.165, 1.54) is 6.92 Å². The molecule has 1 heterocycles. The summed E-state index contributed by atoms with van der Waals surface area (Å²) >= 11 is 5.87. The Labute approximate surface area is 108 Å². The molecule has 1 amide bonds. The number of hydrogen-bond donors (Lipinski definition) is 0. The lowest BCUT2D eigenvalue weighted by Gasteiger charge is -2.30. The van der Waals surface area contributed by atoms with Crippen LogP contribution in [-0.2, 0) is 14.6 Å². The second-order valence-corrected chi connectivity index (χ2v) is 7.34. The molecule has 2 unspecified atom stereocenters. The summed E-state index contributed by atoms with van der Waals surface area (Å²) in [5, 5.41) is -0.966. The summed E-state index contributed by atoms with van der Waals surface area (Å²) in [6.45, 7) is 2.07. The van der Waals surface area contributed by atoms with Gasteiger partial charge in [0.15, 0.2) is 9.84 Å². The predicted molar refractivity (Wildman–Crippen MR) is 69.0 cm³/mol. The Morgan fingerprint density at radius 2 is 2.06 bits per heavy atom. The Hall–Kier alpha value is -0.290. The van der Waals surface area contributed by atoms with Crippen molar-refractivity contribution in [2.75, 3.05) is 18.7 Å². The van der Waals surface area contributed by atoms with Crippen LogP contribution in [0.3, 0.4) is 0 Å². The topological polar surface area (TPSA) is 54.5 Å². The highest BCUT2D eigenvalue weighted by molar-refractivity contribution is 7.92. The van der Waals surface area contributed by atoms with Crippen LogP contribution in [-0.4, -0.2) is 49.2 Å². The van der Waals surface area contributed by atoms with Gasteiger partial charge in [-0.05, 0) is 19.8 Å². The van der Waals surface area contributed by atoms with Gasteiger partial charge in [0.25, 0.3) is 0 Å². The van der Waals surface area contributed by atoms with Crippen LogP contribution in [0.15, 0.2) is 0 Å². The Morgan fingerprint density at radius 3 is 2.59 bits per heavy atom. The van der Waals surface area contributed by atoms with Crippen LogP contribution in [0.4, 0.5) is 0 Å². The van der Waals surface area contributed by atoms with Gasteiger partial charge in [0.05, 0.1) is 0 Å². The molecule has 1 aliphatic rings. The minimum atomic E-state index is -3.33. The first-order valence-electron chi connectivity index (χ1n) is 5.93. The first-order chi connectivity index (χ1) is 7.88. The molecule has 0 N–H and O–H groups in total. The normalized spacial score (nSPS) is 24.2. The van der Waals surface area contributed by atoms with Crippen molar-refractivity contribution in [3.05, 3.63) is 0 Å². The summed E-state index contributed by atoms with van der Waals surface area (Å²) in [6, 6.07) is -0.0177. The van der Waals surface area contributed by atoms with Crippen molar-refractivity contribution in [3.63, 3.8) is 0 Å². The largest absolute Gasteiger partial charge is 0.337 e. The van der Waals surface area contributed by atoms with Crippen LogP contribution in [0, 0.1) is 0 Å². The first-order valence-corrected chi connectivity index (χ1v) is 8.42. The molecule has 0 bridgehead atoms. The number of carbonyl (C=O) groups excluding carboxylic acids is 1. The Morgan fingerprint density at radius 1 is 1.41 bits per heavy atom. The molecule has 0 radical (unpaired) electrons. The summed E-state index contributed by atoms with van der Waals surface area (Å²) in [5.41, 5.74) is 0. The molecule has 17 heavy (non-hydrogen) atoms. The molecule has 1 aliphatic heterocycles.